The van der Waals surface area contributed by atoms with E-state index in [-0.39, 0.29) is 11.5 Å². The first-order chi connectivity index (χ1) is 10.1. The maximum absolute atomic E-state index is 12.9. The molecule has 0 saturated carbocycles. The van der Waals surface area contributed by atoms with E-state index in [2.05, 4.69) is 26.9 Å². The third kappa shape index (κ3) is 2.18. The van der Waals surface area contributed by atoms with Crippen molar-refractivity contribution >= 4 is 5.69 Å². The molecule has 0 spiro atoms. The quantitative estimate of drug-likeness (QED) is 0.933. The summed E-state index contributed by atoms with van der Waals surface area (Å²) in [4.78, 5) is 0. The van der Waals surface area contributed by atoms with Crippen molar-refractivity contribution in [2.45, 2.75) is 18.6 Å². The first-order valence-corrected chi connectivity index (χ1v) is 6.82. The Morgan fingerprint density at radius 3 is 2.76 bits per heavy atom. The highest BCUT2D eigenvalue weighted by molar-refractivity contribution is 5.56. The van der Waals surface area contributed by atoms with E-state index in [1.165, 1.54) is 17.2 Å². The van der Waals surface area contributed by atoms with Crippen LogP contribution in [0.5, 0.6) is 11.5 Å². The molecule has 0 bridgehead atoms. The van der Waals surface area contributed by atoms with Crippen LogP contribution in [-0.2, 0) is 6.42 Å². The Labute approximate surface area is 120 Å². The van der Waals surface area contributed by atoms with Crippen LogP contribution >= 0.6 is 0 Å². The molecule has 1 unspecified atom stereocenters. The van der Waals surface area contributed by atoms with Crippen LogP contribution in [0.3, 0.4) is 0 Å². The molecule has 0 radical (unpaired) electrons. The van der Waals surface area contributed by atoms with Crippen LogP contribution in [0.25, 0.3) is 0 Å². The summed E-state index contributed by atoms with van der Waals surface area (Å²) in [5.41, 5.74) is 3.49. The van der Waals surface area contributed by atoms with Crippen molar-refractivity contribution in [2.75, 3.05) is 11.9 Å². The molecular weight excluding hydrogens is 276 g/mol. The molecule has 2 aromatic carbocycles. The maximum atomic E-state index is 12.9. The molecule has 0 saturated heterocycles. The van der Waals surface area contributed by atoms with Crippen LogP contribution in [-0.4, -0.2) is 12.8 Å². The van der Waals surface area contributed by atoms with Gasteiger partial charge in [0.2, 0.25) is 0 Å². The van der Waals surface area contributed by atoms with Crippen LogP contribution < -0.4 is 14.8 Å². The van der Waals surface area contributed by atoms with Gasteiger partial charge in [0.1, 0.15) is 0 Å². The molecule has 0 amide bonds. The minimum atomic E-state index is -3.56. The zero-order chi connectivity index (χ0) is 14.4. The summed E-state index contributed by atoms with van der Waals surface area (Å²) < 4.78 is 34.7. The smallest absolute Gasteiger partial charge is 0.395 e. The molecule has 1 aliphatic heterocycles. The van der Waals surface area contributed by atoms with Gasteiger partial charge in [-0.2, -0.15) is 0 Å². The van der Waals surface area contributed by atoms with Gasteiger partial charge in [-0.25, -0.2) is 0 Å². The summed E-state index contributed by atoms with van der Waals surface area (Å²) in [6.07, 6.45) is -2.51. The molecule has 0 aromatic heterocycles. The summed E-state index contributed by atoms with van der Waals surface area (Å²) in [5.74, 6) is 0.603. The van der Waals surface area contributed by atoms with E-state index in [0.29, 0.717) is 5.92 Å². The first-order valence-electron chi connectivity index (χ1n) is 6.82. The highest BCUT2D eigenvalue weighted by Gasteiger charge is 2.43. The predicted octanol–water partition coefficient (Wildman–Crippen LogP) is 3.76. The normalized spacial score (nSPS) is 20.6. The van der Waals surface area contributed by atoms with E-state index < -0.39 is 6.29 Å². The predicted molar refractivity (Wildman–Crippen MR) is 74.0 cm³/mol. The van der Waals surface area contributed by atoms with Crippen molar-refractivity contribution in [1.82, 2.24) is 0 Å². The summed E-state index contributed by atoms with van der Waals surface area (Å²) in [6, 6.07) is 13.1. The average Bonchev–Trinajstić information content (AvgIpc) is 2.73. The van der Waals surface area contributed by atoms with Gasteiger partial charge in [-0.1, -0.05) is 24.3 Å². The highest BCUT2D eigenvalue weighted by atomic mass is 19.3. The molecule has 2 aromatic rings. The Balaban J connectivity index is 1.44. The minimum absolute atomic E-state index is 0.0685. The van der Waals surface area contributed by atoms with Crippen LogP contribution in [0, 0.1) is 0 Å². The number of hydrogen-bond donors (Lipinski definition) is 1. The van der Waals surface area contributed by atoms with Gasteiger partial charge in [0, 0.05) is 24.2 Å². The molecule has 5 heteroatoms. The standard InChI is InChI=1S/C16H13F2NO2/c17-16(18)20-14-6-5-12(8-15(14)21-16)19-9-11-7-10-3-1-2-4-13(10)11/h1-6,8,11,19H,7,9H2. The van der Waals surface area contributed by atoms with Gasteiger partial charge in [-0.3, -0.25) is 0 Å². The molecule has 1 heterocycles. The number of ether oxygens (including phenoxy) is 2. The van der Waals surface area contributed by atoms with E-state index in [0.717, 1.165) is 18.7 Å². The third-order valence-corrected chi connectivity index (χ3v) is 3.92. The lowest BCUT2D eigenvalue weighted by molar-refractivity contribution is -0.286. The van der Waals surface area contributed by atoms with Gasteiger partial charge in [0.05, 0.1) is 0 Å². The molecule has 0 fully saturated rings. The SMILES string of the molecule is FC1(F)Oc2ccc(NCC3Cc4ccccc43)cc2O1. The molecule has 1 aliphatic carbocycles. The summed E-state index contributed by atoms with van der Waals surface area (Å²) >= 11 is 0. The molecule has 3 nitrogen and oxygen atoms in total. The summed E-state index contributed by atoms with van der Waals surface area (Å²) in [6.45, 7) is 0.771. The van der Waals surface area contributed by atoms with Crippen LogP contribution in [0.2, 0.25) is 0 Å². The second kappa shape index (κ2) is 4.35. The Morgan fingerprint density at radius 2 is 1.90 bits per heavy atom. The number of benzene rings is 2. The Morgan fingerprint density at radius 1 is 1.10 bits per heavy atom. The van der Waals surface area contributed by atoms with E-state index in [1.807, 2.05) is 12.1 Å². The van der Waals surface area contributed by atoms with Gasteiger partial charge in [-0.05, 0) is 29.7 Å². The van der Waals surface area contributed by atoms with Crippen LogP contribution in [0.4, 0.5) is 14.5 Å². The topological polar surface area (TPSA) is 30.5 Å². The van der Waals surface area contributed by atoms with Gasteiger partial charge in [0.15, 0.2) is 11.5 Å². The third-order valence-electron chi connectivity index (χ3n) is 3.92. The average molecular weight is 289 g/mol. The molecule has 2 aliphatic rings. The fraction of sp³-hybridized carbons (Fsp3) is 0.250. The van der Waals surface area contributed by atoms with Crippen molar-refractivity contribution in [3.8, 4) is 11.5 Å². The largest absolute Gasteiger partial charge is 0.586 e. The number of alkyl halides is 2. The van der Waals surface area contributed by atoms with Crippen LogP contribution in [0.1, 0.15) is 17.0 Å². The zero-order valence-corrected chi connectivity index (χ0v) is 11.1. The van der Waals surface area contributed by atoms with Gasteiger partial charge >= 0.3 is 6.29 Å². The lowest BCUT2D eigenvalue weighted by atomic mass is 9.77. The Kier molecular flexibility index (Phi) is 2.58. The van der Waals surface area contributed by atoms with Gasteiger partial charge in [-0.15, -0.1) is 8.78 Å². The second-order valence-corrected chi connectivity index (χ2v) is 5.31. The monoisotopic (exact) mass is 289 g/mol. The number of anilines is 1. The first kappa shape index (κ1) is 12.4. The maximum Gasteiger partial charge on any atom is 0.586 e. The number of nitrogens with one attached hydrogen (secondary N) is 1. The van der Waals surface area contributed by atoms with Crippen molar-refractivity contribution in [3.05, 3.63) is 53.6 Å². The number of rotatable bonds is 3. The molecule has 4 rings (SSSR count). The second-order valence-electron chi connectivity index (χ2n) is 5.31. The van der Waals surface area contributed by atoms with Crippen LogP contribution in [0.15, 0.2) is 42.5 Å². The van der Waals surface area contributed by atoms with Gasteiger partial charge < -0.3 is 14.8 Å². The van der Waals surface area contributed by atoms with Crippen molar-refractivity contribution in [2.24, 2.45) is 0 Å². The van der Waals surface area contributed by atoms with Gasteiger partial charge in [0.25, 0.3) is 0 Å². The highest BCUT2D eigenvalue weighted by Crippen LogP contribution is 2.42. The molecule has 1 atom stereocenters. The summed E-state index contributed by atoms with van der Waals surface area (Å²) in [7, 11) is 0. The number of hydrogen-bond acceptors (Lipinski definition) is 3. The van der Waals surface area contributed by atoms with E-state index >= 15 is 0 Å². The number of halogens is 2. The van der Waals surface area contributed by atoms with E-state index in [4.69, 9.17) is 0 Å². The molecule has 1 N–H and O–H groups in total. The molecule has 108 valence electrons. The minimum Gasteiger partial charge on any atom is -0.395 e. The molecule has 21 heavy (non-hydrogen) atoms. The van der Waals surface area contributed by atoms with Crippen molar-refractivity contribution < 1.29 is 18.3 Å². The zero-order valence-electron chi connectivity index (χ0n) is 11.1. The van der Waals surface area contributed by atoms with E-state index in [1.54, 1.807) is 12.1 Å². The Hall–Kier alpha value is -2.30. The van der Waals surface area contributed by atoms with Crippen molar-refractivity contribution in [1.29, 1.82) is 0 Å². The number of fused-ring (bicyclic) bond motifs is 2. The fourth-order valence-corrected chi connectivity index (χ4v) is 2.84. The lowest BCUT2D eigenvalue weighted by Gasteiger charge is -2.30. The fourth-order valence-electron chi connectivity index (χ4n) is 2.84. The lowest BCUT2D eigenvalue weighted by Crippen LogP contribution is -2.26. The van der Waals surface area contributed by atoms with Crippen molar-refractivity contribution in [3.63, 3.8) is 0 Å². The summed E-state index contributed by atoms with van der Waals surface area (Å²) in [5, 5.41) is 3.26. The van der Waals surface area contributed by atoms with E-state index in [9.17, 15) is 8.78 Å². The molecular formula is C16H13F2NO2. The Bertz CT molecular complexity index is 702.